The summed E-state index contributed by atoms with van der Waals surface area (Å²) in [7, 11) is 0. The van der Waals surface area contributed by atoms with E-state index in [4.69, 9.17) is 25.9 Å². The fraction of sp³-hybridized carbons (Fsp3) is 0.458. The number of nitrogens with two attached hydrogens (primary N) is 2. The third-order valence-electron chi connectivity index (χ3n) is 7.21. The van der Waals surface area contributed by atoms with Gasteiger partial charge in [0.2, 0.25) is 5.79 Å². The second-order valence-electron chi connectivity index (χ2n) is 9.55. The lowest BCUT2D eigenvalue weighted by Crippen LogP contribution is -2.47. The first kappa shape index (κ1) is 23.5. The third kappa shape index (κ3) is 3.79. The van der Waals surface area contributed by atoms with Gasteiger partial charge in [-0.1, -0.05) is 0 Å². The van der Waals surface area contributed by atoms with Crippen molar-refractivity contribution in [2.45, 2.75) is 44.1 Å². The number of nitrogen functional groups attached to an aromatic ring is 1. The minimum atomic E-state index is -0.863. The van der Waals surface area contributed by atoms with E-state index in [1.54, 1.807) is 6.92 Å². The van der Waals surface area contributed by atoms with Crippen molar-refractivity contribution in [3.63, 3.8) is 0 Å². The van der Waals surface area contributed by atoms with Crippen molar-refractivity contribution in [1.82, 2.24) is 15.3 Å². The van der Waals surface area contributed by atoms with Gasteiger partial charge >= 0.3 is 0 Å². The third-order valence-corrected chi connectivity index (χ3v) is 8.32. The summed E-state index contributed by atoms with van der Waals surface area (Å²) < 4.78 is 40.7. The number of rotatable bonds is 3. The van der Waals surface area contributed by atoms with Crippen molar-refractivity contribution in [2.75, 3.05) is 36.9 Å². The Morgan fingerprint density at radius 1 is 1.25 bits per heavy atom. The van der Waals surface area contributed by atoms with Crippen molar-refractivity contribution in [3.05, 3.63) is 45.6 Å². The van der Waals surface area contributed by atoms with Gasteiger partial charge in [0.15, 0.2) is 0 Å². The van der Waals surface area contributed by atoms with Crippen molar-refractivity contribution in [2.24, 2.45) is 5.73 Å². The van der Waals surface area contributed by atoms with Crippen LogP contribution in [0.1, 0.15) is 33.0 Å². The standard InChI is InChI=1S/C24H26F2N6O3S/c1-11-15(25)7-14-20(28)21(36-23(14)29-11)22(33)30-12-2-3-17-13(6-12)16(26)8-19(31-17)32-9-18(27)24(10-32)34-4-5-35-24/h7-8,12,18H,2-6,9-10,27-28H2,1H3,(H,30,33). The monoisotopic (exact) mass is 516 g/mol. The van der Waals surface area contributed by atoms with E-state index in [-0.39, 0.29) is 40.1 Å². The highest BCUT2D eigenvalue weighted by molar-refractivity contribution is 7.21. The smallest absolute Gasteiger partial charge is 0.263 e. The molecular formula is C24H26F2N6O3S. The maximum atomic E-state index is 15.2. The van der Waals surface area contributed by atoms with Crippen LogP contribution in [0, 0.1) is 18.6 Å². The molecule has 1 spiro atoms. The Morgan fingerprint density at radius 3 is 2.81 bits per heavy atom. The van der Waals surface area contributed by atoms with E-state index < -0.39 is 11.6 Å². The molecule has 6 rings (SSSR count). The zero-order valence-electron chi connectivity index (χ0n) is 19.6. The van der Waals surface area contributed by atoms with Crippen LogP contribution in [-0.2, 0) is 22.3 Å². The van der Waals surface area contributed by atoms with Crippen molar-refractivity contribution in [3.8, 4) is 0 Å². The van der Waals surface area contributed by atoms with Gasteiger partial charge in [0.1, 0.15) is 27.2 Å². The number of nitrogens with one attached hydrogen (secondary N) is 1. The predicted molar refractivity (Wildman–Crippen MR) is 131 cm³/mol. The first-order valence-corrected chi connectivity index (χ1v) is 12.7. The van der Waals surface area contributed by atoms with Crippen LogP contribution in [0.25, 0.3) is 10.2 Å². The van der Waals surface area contributed by atoms with Crippen LogP contribution < -0.4 is 21.7 Å². The number of carbonyl (C=O) groups is 1. The van der Waals surface area contributed by atoms with E-state index in [9.17, 15) is 9.18 Å². The lowest BCUT2D eigenvalue weighted by Gasteiger charge is -2.27. The van der Waals surface area contributed by atoms with Gasteiger partial charge in [-0.3, -0.25) is 4.79 Å². The first-order valence-electron chi connectivity index (χ1n) is 11.9. The average molecular weight is 517 g/mol. The second-order valence-corrected chi connectivity index (χ2v) is 10.5. The van der Waals surface area contributed by atoms with E-state index >= 15 is 4.39 Å². The lowest BCUT2D eigenvalue weighted by atomic mass is 9.91. The van der Waals surface area contributed by atoms with E-state index in [1.807, 2.05) is 4.90 Å². The summed E-state index contributed by atoms with van der Waals surface area (Å²) in [6.45, 7) is 3.39. The molecule has 1 aliphatic carbocycles. The Balaban J connectivity index is 1.18. The zero-order valence-corrected chi connectivity index (χ0v) is 20.5. The first-order chi connectivity index (χ1) is 17.2. The number of hydrogen-bond acceptors (Lipinski definition) is 9. The molecule has 3 aromatic rings. The number of halogens is 2. The highest BCUT2D eigenvalue weighted by atomic mass is 32.1. The van der Waals surface area contributed by atoms with Crippen LogP contribution in [0.15, 0.2) is 12.1 Å². The molecule has 2 fully saturated rings. The van der Waals surface area contributed by atoms with Gasteiger partial charge in [0.05, 0.1) is 37.2 Å². The zero-order chi connectivity index (χ0) is 25.2. The number of ether oxygens (including phenoxy) is 2. The number of hydrogen-bond donors (Lipinski definition) is 3. The molecule has 0 saturated carbocycles. The highest BCUT2D eigenvalue weighted by Crippen LogP contribution is 2.35. The maximum Gasteiger partial charge on any atom is 0.263 e. The molecule has 0 aromatic carbocycles. The molecule has 36 heavy (non-hydrogen) atoms. The van der Waals surface area contributed by atoms with Gasteiger partial charge in [-0.2, -0.15) is 0 Å². The number of thiophene rings is 1. The Hall–Kier alpha value is -2.93. The molecule has 12 heteroatoms. The topological polar surface area (TPSA) is 129 Å². The Bertz CT molecular complexity index is 1380. The molecule has 190 valence electrons. The molecule has 2 atom stereocenters. The van der Waals surface area contributed by atoms with Crippen LogP contribution in [0.3, 0.4) is 0 Å². The summed E-state index contributed by atoms with van der Waals surface area (Å²) >= 11 is 1.12. The number of carbonyl (C=O) groups excluding carboxylic acids is 1. The number of aromatic nitrogens is 2. The van der Waals surface area contributed by atoms with Crippen molar-refractivity contribution >= 4 is 39.0 Å². The fourth-order valence-corrected chi connectivity index (χ4v) is 6.27. The van der Waals surface area contributed by atoms with Gasteiger partial charge in [0.25, 0.3) is 5.91 Å². The molecule has 3 aliphatic rings. The van der Waals surface area contributed by atoms with Crippen molar-refractivity contribution in [1.29, 1.82) is 0 Å². The molecule has 0 radical (unpaired) electrons. The molecule has 2 aliphatic heterocycles. The quantitative estimate of drug-likeness (QED) is 0.483. The average Bonchev–Trinajstić information content (AvgIpc) is 3.54. The van der Waals surface area contributed by atoms with E-state index in [2.05, 4.69) is 10.3 Å². The van der Waals surface area contributed by atoms with Crippen LogP contribution in [-0.4, -0.2) is 60.0 Å². The van der Waals surface area contributed by atoms with E-state index in [0.717, 1.165) is 11.3 Å². The van der Waals surface area contributed by atoms with Crippen LogP contribution in [0.2, 0.25) is 0 Å². The molecule has 3 aromatic heterocycles. The largest absolute Gasteiger partial charge is 0.397 e. The molecule has 1 amide bonds. The summed E-state index contributed by atoms with van der Waals surface area (Å²) in [5.41, 5.74) is 14.0. The second kappa shape index (κ2) is 8.58. The van der Waals surface area contributed by atoms with Gasteiger partial charge < -0.3 is 31.2 Å². The number of aryl methyl sites for hydroxylation is 2. The van der Waals surface area contributed by atoms with Crippen molar-refractivity contribution < 1.29 is 23.0 Å². The fourth-order valence-electron chi connectivity index (χ4n) is 5.24. The number of pyridine rings is 2. The van der Waals surface area contributed by atoms with Gasteiger partial charge in [-0.15, -0.1) is 11.3 Å². The van der Waals surface area contributed by atoms with Gasteiger partial charge in [-0.25, -0.2) is 18.7 Å². The summed E-state index contributed by atoms with van der Waals surface area (Å²) in [4.78, 5) is 24.6. The molecule has 5 N–H and O–H groups in total. The van der Waals surface area contributed by atoms with Crippen LogP contribution in [0.4, 0.5) is 20.3 Å². The summed E-state index contributed by atoms with van der Waals surface area (Å²) in [5.74, 6) is -1.57. The molecule has 0 bridgehead atoms. The summed E-state index contributed by atoms with van der Waals surface area (Å²) in [6, 6.07) is 2.08. The minimum Gasteiger partial charge on any atom is -0.397 e. The SMILES string of the molecule is Cc1nc2sc(C(=O)NC3CCc4nc(N5CC(N)C6(C5)OCCO6)cc(F)c4C3)c(N)c2cc1F. The summed E-state index contributed by atoms with van der Waals surface area (Å²) in [5, 5.41) is 3.38. The molecular weight excluding hydrogens is 490 g/mol. The number of anilines is 2. The van der Waals surface area contributed by atoms with Gasteiger partial charge in [0, 0.05) is 35.3 Å². The number of fused-ring (bicyclic) bond motifs is 2. The Kier molecular flexibility index (Phi) is 5.59. The minimum absolute atomic E-state index is 0.199. The predicted octanol–water partition coefficient (Wildman–Crippen LogP) is 2.04. The van der Waals surface area contributed by atoms with Crippen LogP contribution >= 0.6 is 11.3 Å². The Morgan fingerprint density at radius 2 is 2.03 bits per heavy atom. The van der Waals surface area contributed by atoms with Crippen LogP contribution in [0.5, 0.6) is 0 Å². The molecule has 2 unspecified atom stereocenters. The van der Waals surface area contributed by atoms with E-state index in [1.165, 1.54) is 12.1 Å². The summed E-state index contributed by atoms with van der Waals surface area (Å²) in [6.07, 6.45) is 1.42. The highest BCUT2D eigenvalue weighted by Gasteiger charge is 2.50. The lowest BCUT2D eigenvalue weighted by molar-refractivity contribution is -0.147. The number of amides is 1. The number of nitrogens with zero attached hydrogens (tertiary/aromatic N) is 3. The Labute approximate surface area is 209 Å². The maximum absolute atomic E-state index is 15.2. The van der Waals surface area contributed by atoms with E-state index in [0.29, 0.717) is 72.9 Å². The molecule has 9 nitrogen and oxygen atoms in total. The normalized spacial score (nSPS) is 22.9. The molecule has 2 saturated heterocycles. The van der Waals surface area contributed by atoms with Gasteiger partial charge in [-0.05, 0) is 32.3 Å². The molecule has 5 heterocycles.